The molecule has 4 aromatic rings. The number of halogens is 2. The molecule has 0 radical (unpaired) electrons. The molecule has 30 heavy (non-hydrogen) atoms. The number of hydrogen-bond donors (Lipinski definition) is 3. The number of piperidine rings is 1. The average Bonchev–Trinajstić information content (AvgIpc) is 3.18. The normalized spacial score (nSPS) is 16.7. The lowest BCUT2D eigenvalue weighted by Gasteiger charge is -2.24. The Morgan fingerprint density at radius 3 is 2.73 bits per heavy atom. The number of aromatic nitrogens is 3. The molecule has 3 heterocycles. The van der Waals surface area contributed by atoms with E-state index in [1.807, 2.05) is 18.3 Å². The molecule has 5 rings (SSSR count). The number of fused-ring (bicyclic) bond motifs is 1. The van der Waals surface area contributed by atoms with Crippen molar-refractivity contribution in [2.45, 2.75) is 18.9 Å². The molecule has 5 nitrogen and oxygen atoms in total. The van der Waals surface area contributed by atoms with Crippen molar-refractivity contribution in [3.8, 4) is 22.5 Å². The first-order valence-electron chi connectivity index (χ1n) is 10.1. The average molecular weight is 405 g/mol. The summed E-state index contributed by atoms with van der Waals surface area (Å²) in [6, 6.07) is 11.4. The van der Waals surface area contributed by atoms with Gasteiger partial charge in [-0.1, -0.05) is 12.1 Å². The van der Waals surface area contributed by atoms with Crippen LogP contribution in [0.15, 0.2) is 54.9 Å². The molecule has 2 aromatic carbocycles. The van der Waals surface area contributed by atoms with Gasteiger partial charge >= 0.3 is 0 Å². The van der Waals surface area contributed by atoms with Gasteiger partial charge in [-0.15, -0.1) is 0 Å². The lowest BCUT2D eigenvalue weighted by molar-refractivity contribution is 0.479. The van der Waals surface area contributed by atoms with Crippen molar-refractivity contribution in [1.82, 2.24) is 20.3 Å². The minimum atomic E-state index is -0.588. The van der Waals surface area contributed by atoms with E-state index in [9.17, 15) is 8.78 Å². The molecule has 2 aromatic heterocycles. The van der Waals surface area contributed by atoms with Crippen LogP contribution >= 0.6 is 0 Å². The molecule has 1 aliphatic heterocycles. The lowest BCUT2D eigenvalue weighted by atomic mass is 10.0. The minimum absolute atomic E-state index is 0.0346. The third-order valence-electron chi connectivity index (χ3n) is 5.48. The molecule has 1 aliphatic rings. The van der Waals surface area contributed by atoms with Crippen LogP contribution < -0.4 is 10.6 Å². The van der Waals surface area contributed by atoms with Gasteiger partial charge in [0.1, 0.15) is 17.5 Å². The monoisotopic (exact) mass is 405 g/mol. The molecule has 7 heteroatoms. The Morgan fingerprint density at radius 2 is 1.93 bits per heavy atom. The van der Waals surface area contributed by atoms with Crippen molar-refractivity contribution >= 4 is 16.7 Å². The summed E-state index contributed by atoms with van der Waals surface area (Å²) in [5.41, 5.74) is 2.08. The van der Waals surface area contributed by atoms with Gasteiger partial charge in [-0.25, -0.2) is 18.7 Å². The van der Waals surface area contributed by atoms with E-state index in [4.69, 9.17) is 0 Å². The number of anilines is 1. The molecule has 3 N–H and O–H groups in total. The van der Waals surface area contributed by atoms with Crippen LogP contribution in [-0.2, 0) is 0 Å². The molecule has 0 bridgehead atoms. The van der Waals surface area contributed by atoms with Crippen molar-refractivity contribution in [3.05, 3.63) is 66.5 Å². The molecule has 0 spiro atoms. The summed E-state index contributed by atoms with van der Waals surface area (Å²) in [6.07, 6.45) is 5.78. The second kappa shape index (κ2) is 7.84. The molecule has 1 saturated heterocycles. The first-order chi connectivity index (χ1) is 14.7. The fourth-order valence-electron chi connectivity index (χ4n) is 3.99. The summed E-state index contributed by atoms with van der Waals surface area (Å²) in [6.45, 7) is 1.96. The van der Waals surface area contributed by atoms with E-state index < -0.39 is 11.6 Å². The van der Waals surface area contributed by atoms with Crippen LogP contribution in [0, 0.1) is 11.6 Å². The maximum atomic E-state index is 14.3. The number of rotatable bonds is 4. The molecule has 1 fully saturated rings. The van der Waals surface area contributed by atoms with E-state index in [1.54, 1.807) is 18.3 Å². The zero-order chi connectivity index (χ0) is 20.5. The van der Waals surface area contributed by atoms with E-state index in [2.05, 4.69) is 25.6 Å². The third kappa shape index (κ3) is 3.52. The van der Waals surface area contributed by atoms with Gasteiger partial charge in [0.25, 0.3) is 0 Å². The highest BCUT2D eigenvalue weighted by Crippen LogP contribution is 2.33. The highest BCUT2D eigenvalue weighted by atomic mass is 19.1. The number of nitrogens with one attached hydrogen (secondary N) is 3. The first kappa shape index (κ1) is 18.7. The Hall–Kier alpha value is -3.32. The third-order valence-corrected chi connectivity index (χ3v) is 5.48. The Balaban J connectivity index is 1.53. The molecule has 1 atom stereocenters. The van der Waals surface area contributed by atoms with Crippen LogP contribution in [0.5, 0.6) is 0 Å². The topological polar surface area (TPSA) is 65.6 Å². The quantitative estimate of drug-likeness (QED) is 0.459. The Morgan fingerprint density at radius 1 is 1.07 bits per heavy atom. The highest BCUT2D eigenvalue weighted by molar-refractivity contribution is 5.96. The van der Waals surface area contributed by atoms with Crippen LogP contribution in [0.1, 0.15) is 12.8 Å². The molecular formula is C23H21F2N5. The van der Waals surface area contributed by atoms with Crippen LogP contribution in [0.4, 0.5) is 14.6 Å². The summed E-state index contributed by atoms with van der Waals surface area (Å²) in [5.74, 6) is 0.144. The van der Waals surface area contributed by atoms with Gasteiger partial charge in [0.05, 0.1) is 5.56 Å². The summed E-state index contributed by atoms with van der Waals surface area (Å²) >= 11 is 0. The van der Waals surface area contributed by atoms with Crippen LogP contribution in [0.2, 0.25) is 0 Å². The van der Waals surface area contributed by atoms with Crippen LogP contribution in [0.3, 0.4) is 0 Å². The van der Waals surface area contributed by atoms with Crippen molar-refractivity contribution in [1.29, 1.82) is 0 Å². The number of aromatic amines is 1. The predicted molar refractivity (Wildman–Crippen MR) is 114 cm³/mol. The number of nitrogens with zero attached hydrogens (tertiary/aromatic N) is 2. The van der Waals surface area contributed by atoms with Gasteiger partial charge in [-0.3, -0.25) is 0 Å². The van der Waals surface area contributed by atoms with Gasteiger partial charge in [-0.2, -0.15) is 0 Å². The number of hydrogen-bond acceptors (Lipinski definition) is 4. The van der Waals surface area contributed by atoms with E-state index in [0.29, 0.717) is 17.4 Å². The van der Waals surface area contributed by atoms with Crippen LogP contribution in [0.25, 0.3) is 33.4 Å². The molecule has 0 saturated carbocycles. The van der Waals surface area contributed by atoms with Gasteiger partial charge in [0, 0.05) is 41.4 Å². The molecular weight excluding hydrogens is 384 g/mol. The van der Waals surface area contributed by atoms with Gasteiger partial charge in [-0.05, 0) is 55.3 Å². The largest absolute Gasteiger partial charge is 0.366 e. The predicted octanol–water partition coefficient (Wildman–Crippen LogP) is 4.73. The fourth-order valence-corrected chi connectivity index (χ4v) is 3.99. The molecule has 152 valence electrons. The highest BCUT2D eigenvalue weighted by Gasteiger charge is 2.16. The smallest absolute Gasteiger partial charge is 0.163 e. The van der Waals surface area contributed by atoms with Crippen molar-refractivity contribution < 1.29 is 8.78 Å². The van der Waals surface area contributed by atoms with Gasteiger partial charge < -0.3 is 15.6 Å². The zero-order valence-corrected chi connectivity index (χ0v) is 16.3. The Kier molecular flexibility index (Phi) is 4.88. The maximum Gasteiger partial charge on any atom is 0.163 e. The van der Waals surface area contributed by atoms with Crippen molar-refractivity contribution in [2.24, 2.45) is 0 Å². The van der Waals surface area contributed by atoms with Gasteiger partial charge in [0.2, 0.25) is 0 Å². The van der Waals surface area contributed by atoms with E-state index in [0.717, 1.165) is 48.2 Å². The fraction of sp³-hybridized carbons (Fsp3) is 0.217. The molecule has 0 aliphatic carbocycles. The summed E-state index contributed by atoms with van der Waals surface area (Å²) < 4.78 is 28.6. The second-order valence-electron chi connectivity index (χ2n) is 7.51. The minimum Gasteiger partial charge on any atom is -0.366 e. The lowest BCUT2D eigenvalue weighted by Crippen LogP contribution is -2.38. The summed E-state index contributed by atoms with van der Waals surface area (Å²) in [7, 11) is 0. The Bertz CT molecular complexity index is 1180. The van der Waals surface area contributed by atoms with Crippen molar-refractivity contribution in [3.63, 3.8) is 0 Å². The maximum absolute atomic E-state index is 14.3. The summed E-state index contributed by atoms with van der Waals surface area (Å²) in [5, 5.41) is 7.65. The van der Waals surface area contributed by atoms with E-state index in [1.165, 1.54) is 18.2 Å². The first-order valence-corrected chi connectivity index (χ1v) is 10.1. The zero-order valence-electron chi connectivity index (χ0n) is 16.3. The SMILES string of the molecule is Fc1cccc(F)c1-c1ccc2[nH]cc(-c3nccc(N[C@@H]4CCCNC4)n3)c2c1. The second-order valence-corrected chi connectivity index (χ2v) is 7.51. The summed E-state index contributed by atoms with van der Waals surface area (Å²) in [4.78, 5) is 12.3. The number of benzene rings is 2. The van der Waals surface area contributed by atoms with Gasteiger partial charge in [0.15, 0.2) is 5.82 Å². The molecule has 0 unspecified atom stereocenters. The Labute approximate surface area is 172 Å². The number of H-pyrrole nitrogens is 1. The van der Waals surface area contributed by atoms with Crippen molar-refractivity contribution in [2.75, 3.05) is 18.4 Å². The van der Waals surface area contributed by atoms with Crippen LogP contribution in [-0.4, -0.2) is 34.1 Å². The molecule has 0 amide bonds. The van der Waals surface area contributed by atoms with E-state index >= 15 is 0 Å². The standard InChI is InChI=1S/C23H21F2N5/c24-18-4-1-5-19(25)22(18)14-6-7-20-16(11-14)17(13-28-20)23-27-10-8-21(30-23)29-15-3-2-9-26-12-15/h1,4-8,10-11,13,15,26,28H,2-3,9,12H2,(H,27,29,30)/t15-/m1/s1. The van der Waals surface area contributed by atoms with E-state index in [-0.39, 0.29) is 5.56 Å².